The standard InChI is InChI=1S/C16H25NO.C15H24N2.C12H12O3/c1-4-5-6-8-13-9-7-10-14(11-17)15(13)16(18)12(2)3;1-11(2)12(3)14-8-4-6-13(7-5-9-16)15(14)10-17;1-7-5-6-8-9(11(7)13)3-2-4-10(8)12(14)15/h7,9-10,12H,4-6,8,11,17H2,1-3H3;4,6,8,11H,3,5,7,9-10,16-17H2,1-2H3;2-4,7H,5-6H2,1H3,(H,14,15). The predicted octanol–water partition coefficient (Wildman–Crippen LogP) is 8.57. The SMILES string of the molecule is C=C(c1cccc(CCCN)c1CN)C(C)C.CC1CCc2c(C(=O)O)cccc2C1=O.CCCCCc1cccc(CN)c1C(=O)C(C)C. The highest BCUT2D eigenvalue weighted by atomic mass is 16.4. The van der Waals surface area contributed by atoms with Gasteiger partial charge in [0.05, 0.1) is 5.56 Å². The zero-order chi connectivity index (χ0) is 37.4. The van der Waals surface area contributed by atoms with Crippen LogP contribution < -0.4 is 17.2 Å². The lowest BCUT2D eigenvalue weighted by atomic mass is 9.82. The number of allylic oxidation sites excluding steroid dienone is 1. The Bertz CT molecular complexity index is 1590. The topological polar surface area (TPSA) is 150 Å². The van der Waals surface area contributed by atoms with Crippen LogP contribution in [0.5, 0.6) is 0 Å². The third-order valence-electron chi connectivity index (χ3n) is 9.39. The quantitative estimate of drug-likeness (QED) is 0.0982. The van der Waals surface area contributed by atoms with Crippen LogP contribution in [0, 0.1) is 17.8 Å². The molecule has 3 aromatic rings. The molecule has 0 bridgehead atoms. The van der Waals surface area contributed by atoms with Gasteiger partial charge in [-0.05, 0) is 96.0 Å². The molecule has 0 saturated heterocycles. The molecule has 3 aromatic carbocycles. The molecule has 0 fully saturated rings. The Balaban J connectivity index is 0.000000261. The van der Waals surface area contributed by atoms with Crippen molar-refractivity contribution in [3.8, 4) is 0 Å². The fraction of sp³-hybridized carbons (Fsp3) is 0.465. The number of carboxylic acids is 1. The molecule has 1 aliphatic carbocycles. The first-order chi connectivity index (χ1) is 23.8. The maximum atomic E-state index is 12.3. The van der Waals surface area contributed by atoms with Crippen molar-refractivity contribution in [2.45, 2.75) is 106 Å². The van der Waals surface area contributed by atoms with Gasteiger partial charge < -0.3 is 22.3 Å². The zero-order valence-electron chi connectivity index (χ0n) is 31.3. The molecule has 1 atom stereocenters. The Labute approximate surface area is 300 Å². The molecule has 0 heterocycles. The Morgan fingerprint density at radius 3 is 2.00 bits per heavy atom. The third-order valence-corrected chi connectivity index (χ3v) is 9.39. The molecule has 0 aliphatic heterocycles. The van der Waals surface area contributed by atoms with E-state index in [1.165, 1.54) is 40.7 Å². The first-order valence-electron chi connectivity index (χ1n) is 18.3. The average Bonchev–Trinajstić information content (AvgIpc) is 3.11. The maximum absolute atomic E-state index is 12.3. The van der Waals surface area contributed by atoms with E-state index < -0.39 is 5.97 Å². The van der Waals surface area contributed by atoms with Gasteiger partial charge in [0.2, 0.25) is 0 Å². The normalized spacial score (nSPS) is 13.6. The molecule has 7 N–H and O–H groups in total. The van der Waals surface area contributed by atoms with E-state index in [2.05, 4.69) is 51.6 Å². The second kappa shape index (κ2) is 21.3. The summed E-state index contributed by atoms with van der Waals surface area (Å²) >= 11 is 0. The summed E-state index contributed by atoms with van der Waals surface area (Å²) in [6.07, 6.45) is 7.97. The van der Waals surface area contributed by atoms with E-state index in [9.17, 15) is 14.4 Å². The number of aromatic carboxylic acids is 1. The van der Waals surface area contributed by atoms with Crippen LogP contribution in [0.1, 0.15) is 138 Å². The Morgan fingerprint density at radius 1 is 0.820 bits per heavy atom. The summed E-state index contributed by atoms with van der Waals surface area (Å²) < 4.78 is 0. The maximum Gasteiger partial charge on any atom is 0.335 e. The van der Waals surface area contributed by atoms with Gasteiger partial charge in [-0.1, -0.05) is 109 Å². The van der Waals surface area contributed by atoms with Gasteiger partial charge in [-0.3, -0.25) is 9.59 Å². The summed E-state index contributed by atoms with van der Waals surface area (Å²) in [7, 11) is 0. The minimum Gasteiger partial charge on any atom is -0.478 e. The fourth-order valence-corrected chi connectivity index (χ4v) is 6.26. The van der Waals surface area contributed by atoms with Gasteiger partial charge >= 0.3 is 5.97 Å². The van der Waals surface area contributed by atoms with Gasteiger partial charge in [0.1, 0.15) is 0 Å². The van der Waals surface area contributed by atoms with Crippen LogP contribution >= 0.6 is 0 Å². The second-order valence-corrected chi connectivity index (χ2v) is 13.8. The van der Waals surface area contributed by atoms with Crippen LogP contribution in [-0.4, -0.2) is 29.2 Å². The van der Waals surface area contributed by atoms with Gasteiger partial charge in [0.25, 0.3) is 0 Å². The number of aryl methyl sites for hydroxylation is 2. The second-order valence-electron chi connectivity index (χ2n) is 13.8. The number of carboxylic acid groups (broad SMARTS) is 1. The smallest absolute Gasteiger partial charge is 0.335 e. The predicted molar refractivity (Wildman–Crippen MR) is 208 cm³/mol. The van der Waals surface area contributed by atoms with Crippen molar-refractivity contribution in [1.82, 2.24) is 0 Å². The van der Waals surface area contributed by atoms with Crippen molar-refractivity contribution >= 4 is 23.1 Å². The zero-order valence-corrected chi connectivity index (χ0v) is 31.3. The largest absolute Gasteiger partial charge is 0.478 e. The van der Waals surface area contributed by atoms with Crippen molar-refractivity contribution in [3.63, 3.8) is 0 Å². The molecular formula is C43H61N3O4. The molecule has 0 amide bonds. The molecule has 272 valence electrons. The Morgan fingerprint density at radius 2 is 1.42 bits per heavy atom. The van der Waals surface area contributed by atoms with Crippen molar-refractivity contribution in [2.24, 2.45) is 35.0 Å². The number of ketones is 2. The van der Waals surface area contributed by atoms with Crippen LogP contribution in [0.2, 0.25) is 0 Å². The number of fused-ring (bicyclic) bond motifs is 1. The number of carbonyl (C=O) groups excluding carboxylic acids is 2. The van der Waals surface area contributed by atoms with Crippen LogP contribution in [0.15, 0.2) is 61.2 Å². The van der Waals surface area contributed by atoms with Gasteiger partial charge in [0.15, 0.2) is 11.6 Å². The average molecular weight is 684 g/mol. The van der Waals surface area contributed by atoms with Gasteiger partial charge in [0, 0.05) is 36.1 Å². The molecule has 4 rings (SSSR count). The highest BCUT2D eigenvalue weighted by Gasteiger charge is 2.27. The van der Waals surface area contributed by atoms with E-state index in [1.807, 2.05) is 32.9 Å². The molecule has 0 saturated carbocycles. The van der Waals surface area contributed by atoms with Crippen molar-refractivity contribution < 1.29 is 19.5 Å². The van der Waals surface area contributed by atoms with E-state index in [0.29, 0.717) is 36.6 Å². The lowest BCUT2D eigenvalue weighted by Crippen LogP contribution is -2.22. The van der Waals surface area contributed by atoms with Gasteiger partial charge in [-0.15, -0.1) is 0 Å². The number of nitrogens with two attached hydrogens (primary N) is 3. The fourth-order valence-electron chi connectivity index (χ4n) is 6.26. The Hall–Kier alpha value is -3.91. The van der Waals surface area contributed by atoms with E-state index in [0.717, 1.165) is 49.8 Å². The summed E-state index contributed by atoms with van der Waals surface area (Å²) in [6, 6.07) is 17.3. The third kappa shape index (κ3) is 11.6. The molecule has 7 nitrogen and oxygen atoms in total. The summed E-state index contributed by atoms with van der Waals surface area (Å²) in [5, 5.41) is 8.98. The van der Waals surface area contributed by atoms with Crippen LogP contribution in [0.4, 0.5) is 0 Å². The van der Waals surface area contributed by atoms with Crippen molar-refractivity contribution in [3.05, 3.63) is 111 Å². The first kappa shape index (κ1) is 42.3. The minimum absolute atomic E-state index is 0.0153. The molecule has 0 aromatic heterocycles. The summed E-state index contributed by atoms with van der Waals surface area (Å²) in [4.78, 5) is 35.1. The number of unbranched alkanes of at least 4 members (excludes halogenated alkanes) is 2. The van der Waals surface area contributed by atoms with E-state index >= 15 is 0 Å². The lowest BCUT2D eigenvalue weighted by Gasteiger charge is -2.21. The summed E-state index contributed by atoms with van der Waals surface area (Å²) in [5.74, 6) is -0.162. The minimum atomic E-state index is -0.950. The number of rotatable bonds is 14. The molecule has 7 heteroatoms. The number of carbonyl (C=O) groups is 3. The van der Waals surface area contributed by atoms with Crippen LogP contribution in [-0.2, 0) is 32.4 Å². The molecule has 1 aliphatic rings. The molecule has 1 unspecified atom stereocenters. The number of hydrogen-bond acceptors (Lipinski definition) is 6. The monoisotopic (exact) mass is 683 g/mol. The molecule has 0 spiro atoms. The number of Topliss-reactive ketones (excluding diaryl/α,β-unsaturated/α-hetero) is 2. The van der Waals surface area contributed by atoms with Crippen LogP contribution in [0.3, 0.4) is 0 Å². The van der Waals surface area contributed by atoms with Crippen LogP contribution in [0.25, 0.3) is 5.57 Å². The number of benzene rings is 3. The molecular weight excluding hydrogens is 622 g/mol. The molecule has 0 radical (unpaired) electrons. The highest BCUT2D eigenvalue weighted by molar-refractivity contribution is 6.03. The Kier molecular flexibility index (Phi) is 18.0. The van der Waals surface area contributed by atoms with Crippen molar-refractivity contribution in [2.75, 3.05) is 6.54 Å². The van der Waals surface area contributed by atoms with E-state index in [4.69, 9.17) is 22.3 Å². The van der Waals surface area contributed by atoms with Crippen molar-refractivity contribution in [1.29, 1.82) is 0 Å². The molecule has 50 heavy (non-hydrogen) atoms. The van der Waals surface area contributed by atoms with E-state index in [1.54, 1.807) is 18.2 Å². The van der Waals surface area contributed by atoms with Gasteiger partial charge in [-0.25, -0.2) is 4.79 Å². The lowest BCUT2D eigenvalue weighted by molar-refractivity contribution is 0.0695. The van der Waals surface area contributed by atoms with E-state index in [-0.39, 0.29) is 29.0 Å². The highest BCUT2D eigenvalue weighted by Crippen LogP contribution is 2.29. The van der Waals surface area contributed by atoms with Gasteiger partial charge in [-0.2, -0.15) is 0 Å². The summed E-state index contributed by atoms with van der Waals surface area (Å²) in [5.41, 5.74) is 26.8. The first-order valence-corrected chi connectivity index (χ1v) is 18.3. The summed E-state index contributed by atoms with van der Waals surface area (Å²) in [6.45, 7) is 18.2. The number of hydrogen-bond donors (Lipinski definition) is 4.